The van der Waals surface area contributed by atoms with Crippen molar-refractivity contribution in [1.29, 1.82) is 0 Å². The van der Waals surface area contributed by atoms with E-state index in [1.165, 1.54) is 29.5 Å². The molecule has 4 aromatic rings. The highest BCUT2D eigenvalue weighted by Gasteiger charge is 2.23. The minimum absolute atomic E-state index is 0.715. The number of morpholine rings is 1. The molecule has 1 N–H and O–H groups in total. The van der Waals surface area contributed by atoms with E-state index < -0.39 is 0 Å². The number of nitrogens with one attached hydrogen (secondary N) is 1. The molecule has 6 heteroatoms. The van der Waals surface area contributed by atoms with Crippen molar-refractivity contribution in [2.24, 2.45) is 0 Å². The van der Waals surface area contributed by atoms with E-state index in [4.69, 9.17) is 14.2 Å². The van der Waals surface area contributed by atoms with Gasteiger partial charge in [-0.2, -0.15) is 0 Å². The maximum atomic E-state index is 5.73. The normalized spacial score (nSPS) is 16.0. The van der Waals surface area contributed by atoms with Crippen LogP contribution in [0.25, 0.3) is 22.5 Å². The lowest BCUT2D eigenvalue weighted by atomic mass is 10.0. The van der Waals surface area contributed by atoms with Crippen molar-refractivity contribution in [3.8, 4) is 22.5 Å². The zero-order chi connectivity index (χ0) is 22.9. The van der Waals surface area contributed by atoms with Crippen LogP contribution >= 0.6 is 0 Å². The third kappa shape index (κ3) is 4.29. The molecule has 172 valence electrons. The van der Waals surface area contributed by atoms with Crippen molar-refractivity contribution in [2.75, 3.05) is 36.5 Å². The third-order valence-corrected chi connectivity index (χ3v) is 6.63. The van der Waals surface area contributed by atoms with Gasteiger partial charge in [-0.1, -0.05) is 59.8 Å². The average molecular weight is 453 g/mol. The second kappa shape index (κ2) is 8.95. The first kappa shape index (κ1) is 20.9. The highest BCUT2D eigenvalue weighted by Crippen LogP contribution is 2.40. The van der Waals surface area contributed by atoms with Crippen molar-refractivity contribution >= 4 is 17.3 Å². The van der Waals surface area contributed by atoms with Gasteiger partial charge in [0.2, 0.25) is 0 Å². The fourth-order valence-corrected chi connectivity index (χ4v) is 4.48. The lowest BCUT2D eigenvalue weighted by molar-refractivity contribution is 0.122. The highest BCUT2D eigenvalue weighted by molar-refractivity contribution is 5.79. The molecule has 3 heterocycles. The molecule has 0 amide bonds. The van der Waals surface area contributed by atoms with Crippen molar-refractivity contribution in [3.63, 3.8) is 0 Å². The number of hydrogen-bond acceptors (Lipinski definition) is 6. The maximum Gasteiger partial charge on any atom is 0.190 e. The number of aryl methyl sites for hydroxylation is 1. The largest absolute Gasteiger partial charge is 0.378 e. The summed E-state index contributed by atoms with van der Waals surface area (Å²) in [5.74, 6) is 3.21. The summed E-state index contributed by atoms with van der Waals surface area (Å²) in [5.41, 5.74) is 6.50. The molecule has 1 aliphatic heterocycles. The number of ether oxygens (including phenoxy) is 1. The van der Waals surface area contributed by atoms with Gasteiger partial charge in [0.1, 0.15) is 23.0 Å². The molecule has 1 aliphatic carbocycles. The Balaban J connectivity index is 1.23. The van der Waals surface area contributed by atoms with Gasteiger partial charge in [0.05, 0.1) is 13.2 Å². The van der Waals surface area contributed by atoms with E-state index in [1.54, 1.807) is 0 Å². The number of aromatic nitrogens is 2. The number of pyridine rings is 1. The topological polar surface area (TPSA) is 63.4 Å². The van der Waals surface area contributed by atoms with Crippen LogP contribution < -0.4 is 10.2 Å². The summed E-state index contributed by atoms with van der Waals surface area (Å²) in [6, 6.07) is 23.5. The zero-order valence-electron chi connectivity index (χ0n) is 19.3. The van der Waals surface area contributed by atoms with E-state index >= 15 is 0 Å². The minimum atomic E-state index is 0.715. The monoisotopic (exact) mass is 452 g/mol. The summed E-state index contributed by atoms with van der Waals surface area (Å²) in [6.45, 7) is 5.11. The smallest absolute Gasteiger partial charge is 0.190 e. The molecule has 2 aromatic heterocycles. The van der Waals surface area contributed by atoms with Gasteiger partial charge in [0, 0.05) is 18.7 Å². The molecular weight excluding hydrogens is 424 g/mol. The van der Waals surface area contributed by atoms with E-state index in [0.717, 1.165) is 60.8 Å². The van der Waals surface area contributed by atoms with Crippen LogP contribution in [0.15, 0.2) is 71.3 Å². The summed E-state index contributed by atoms with van der Waals surface area (Å²) in [5, 5.41) is 7.66. The van der Waals surface area contributed by atoms with Gasteiger partial charge in [0.25, 0.3) is 0 Å². The Morgan fingerprint density at radius 2 is 1.53 bits per heavy atom. The van der Waals surface area contributed by atoms with Crippen LogP contribution in [0.2, 0.25) is 0 Å². The highest BCUT2D eigenvalue weighted by atomic mass is 16.5. The van der Waals surface area contributed by atoms with Crippen molar-refractivity contribution in [2.45, 2.75) is 25.7 Å². The molecule has 1 saturated heterocycles. The predicted molar refractivity (Wildman–Crippen MR) is 135 cm³/mol. The molecular formula is C28H28N4O2. The molecule has 6 rings (SSSR count). The molecule has 0 spiro atoms. The standard InChI is InChI=1S/C28H28N4O2/c1-19-27(30-25-3-2-4-26(29-25)32-15-17-33-18-16-32)28(34-31-19)24-13-11-23(12-14-24)22-9-7-21(8-10-22)20-5-6-20/h2-4,7-14,20H,5-6,15-18H2,1H3,(H,29,30). The molecule has 0 radical (unpaired) electrons. The number of nitrogens with zero attached hydrogens (tertiary/aromatic N) is 3. The summed E-state index contributed by atoms with van der Waals surface area (Å²) in [7, 11) is 0. The number of benzene rings is 2. The molecule has 2 aromatic carbocycles. The lowest BCUT2D eigenvalue weighted by Crippen LogP contribution is -2.36. The minimum Gasteiger partial charge on any atom is -0.378 e. The van der Waals surface area contributed by atoms with Crippen LogP contribution in [0.4, 0.5) is 17.3 Å². The first-order valence-electron chi connectivity index (χ1n) is 12.0. The van der Waals surface area contributed by atoms with Crippen molar-refractivity contribution in [1.82, 2.24) is 10.1 Å². The van der Waals surface area contributed by atoms with Crippen LogP contribution in [0.1, 0.15) is 30.0 Å². The fourth-order valence-electron chi connectivity index (χ4n) is 4.48. The molecule has 2 fully saturated rings. The molecule has 2 aliphatic rings. The molecule has 0 unspecified atom stereocenters. The van der Waals surface area contributed by atoms with Gasteiger partial charge in [-0.3, -0.25) is 0 Å². The number of rotatable bonds is 6. The van der Waals surface area contributed by atoms with Crippen LogP contribution in [-0.2, 0) is 4.74 Å². The van der Waals surface area contributed by atoms with E-state index in [9.17, 15) is 0 Å². The first-order chi connectivity index (χ1) is 16.7. The third-order valence-electron chi connectivity index (χ3n) is 6.63. The number of anilines is 3. The lowest BCUT2D eigenvalue weighted by Gasteiger charge is -2.28. The van der Waals surface area contributed by atoms with Crippen LogP contribution in [0.3, 0.4) is 0 Å². The summed E-state index contributed by atoms with van der Waals surface area (Å²) in [6.07, 6.45) is 2.65. The predicted octanol–water partition coefficient (Wildman–Crippen LogP) is 6.17. The second-order valence-corrected chi connectivity index (χ2v) is 9.05. The van der Waals surface area contributed by atoms with E-state index in [2.05, 4.69) is 63.9 Å². The fraction of sp³-hybridized carbons (Fsp3) is 0.286. The Labute approximate surface area is 199 Å². The summed E-state index contributed by atoms with van der Waals surface area (Å²) in [4.78, 5) is 7.06. The maximum absolute atomic E-state index is 5.73. The Hall–Kier alpha value is -3.64. The number of hydrogen-bond donors (Lipinski definition) is 1. The van der Waals surface area contributed by atoms with Crippen molar-refractivity contribution < 1.29 is 9.26 Å². The van der Waals surface area contributed by atoms with Gasteiger partial charge < -0.3 is 19.5 Å². The van der Waals surface area contributed by atoms with Crippen LogP contribution in [0.5, 0.6) is 0 Å². The Bertz CT molecular complexity index is 1270. The second-order valence-electron chi connectivity index (χ2n) is 9.05. The molecule has 34 heavy (non-hydrogen) atoms. The van der Waals surface area contributed by atoms with Gasteiger partial charge in [-0.05, 0) is 54.5 Å². The van der Waals surface area contributed by atoms with E-state index in [0.29, 0.717) is 5.76 Å². The molecule has 6 nitrogen and oxygen atoms in total. The molecule has 0 atom stereocenters. The Morgan fingerprint density at radius 1 is 0.853 bits per heavy atom. The van der Waals surface area contributed by atoms with Gasteiger partial charge in [-0.25, -0.2) is 4.98 Å². The van der Waals surface area contributed by atoms with Gasteiger partial charge in [-0.15, -0.1) is 0 Å². The van der Waals surface area contributed by atoms with Gasteiger partial charge >= 0.3 is 0 Å². The summed E-state index contributed by atoms with van der Waals surface area (Å²) < 4.78 is 11.2. The first-order valence-corrected chi connectivity index (χ1v) is 12.0. The Morgan fingerprint density at radius 3 is 2.24 bits per heavy atom. The molecule has 1 saturated carbocycles. The zero-order valence-corrected chi connectivity index (χ0v) is 19.3. The average Bonchev–Trinajstić information content (AvgIpc) is 3.69. The molecule has 0 bridgehead atoms. The van der Waals surface area contributed by atoms with Crippen LogP contribution in [0, 0.1) is 6.92 Å². The SMILES string of the molecule is Cc1noc(-c2ccc(-c3ccc(C4CC4)cc3)cc2)c1Nc1cccc(N2CCOCC2)n1. The van der Waals surface area contributed by atoms with E-state index in [1.807, 2.05) is 25.1 Å². The quantitative estimate of drug-likeness (QED) is 0.377. The van der Waals surface area contributed by atoms with Crippen LogP contribution in [-0.4, -0.2) is 36.4 Å². The van der Waals surface area contributed by atoms with Gasteiger partial charge in [0.15, 0.2) is 5.76 Å². The van der Waals surface area contributed by atoms with Crippen molar-refractivity contribution in [3.05, 3.63) is 78.0 Å². The summed E-state index contributed by atoms with van der Waals surface area (Å²) >= 11 is 0. The Kier molecular flexibility index (Phi) is 5.51. The van der Waals surface area contributed by atoms with E-state index in [-0.39, 0.29) is 0 Å².